The van der Waals surface area contributed by atoms with Gasteiger partial charge in [-0.2, -0.15) is 0 Å². The smallest absolute Gasteiger partial charge is 0.315 e. The molecule has 2 amide bonds. The van der Waals surface area contributed by atoms with Crippen molar-refractivity contribution in [2.45, 2.75) is 13.0 Å². The van der Waals surface area contributed by atoms with E-state index in [1.165, 1.54) is 0 Å². The van der Waals surface area contributed by atoms with Crippen molar-refractivity contribution in [3.63, 3.8) is 0 Å². The first-order chi connectivity index (χ1) is 13.3. The highest BCUT2D eigenvalue weighted by molar-refractivity contribution is 5.73. The van der Waals surface area contributed by atoms with E-state index < -0.39 is 0 Å². The lowest BCUT2D eigenvalue weighted by atomic mass is 10.2. The molecule has 6 heteroatoms. The maximum absolute atomic E-state index is 12.0. The Balaban J connectivity index is 1.35. The van der Waals surface area contributed by atoms with Crippen molar-refractivity contribution < 1.29 is 14.3 Å². The van der Waals surface area contributed by atoms with Crippen LogP contribution in [0, 0.1) is 0 Å². The molecule has 0 aliphatic carbocycles. The van der Waals surface area contributed by atoms with Crippen molar-refractivity contribution in [3.05, 3.63) is 60.2 Å². The van der Waals surface area contributed by atoms with Crippen molar-refractivity contribution in [2.75, 3.05) is 39.4 Å². The van der Waals surface area contributed by atoms with Crippen molar-refractivity contribution in [1.82, 2.24) is 15.5 Å². The van der Waals surface area contributed by atoms with E-state index in [2.05, 4.69) is 15.5 Å². The molecule has 144 valence electrons. The number of nitrogens with one attached hydrogen (secondary N) is 2. The van der Waals surface area contributed by atoms with E-state index in [-0.39, 0.29) is 6.03 Å². The number of benzene rings is 2. The van der Waals surface area contributed by atoms with Crippen molar-refractivity contribution in [1.29, 1.82) is 0 Å². The molecule has 1 aliphatic heterocycles. The van der Waals surface area contributed by atoms with E-state index in [0.29, 0.717) is 13.1 Å². The Morgan fingerprint density at radius 3 is 2.59 bits per heavy atom. The SMILES string of the molecule is O=C(NCCCN1CCOCC1)NCc1cccc(Oc2ccccc2)c1. The van der Waals surface area contributed by atoms with Gasteiger partial charge in [0.1, 0.15) is 11.5 Å². The number of ether oxygens (including phenoxy) is 2. The summed E-state index contributed by atoms with van der Waals surface area (Å²) in [4.78, 5) is 14.3. The molecule has 0 atom stereocenters. The lowest BCUT2D eigenvalue weighted by Gasteiger charge is -2.26. The minimum absolute atomic E-state index is 0.147. The number of nitrogens with zero attached hydrogens (tertiary/aromatic N) is 1. The van der Waals surface area contributed by atoms with Gasteiger partial charge in [-0.05, 0) is 42.8 Å². The van der Waals surface area contributed by atoms with Crippen LogP contribution in [0.2, 0.25) is 0 Å². The van der Waals surface area contributed by atoms with Crippen LogP contribution in [-0.2, 0) is 11.3 Å². The molecular formula is C21H27N3O3. The summed E-state index contributed by atoms with van der Waals surface area (Å²) < 4.78 is 11.2. The monoisotopic (exact) mass is 369 g/mol. The molecule has 0 saturated carbocycles. The molecule has 1 heterocycles. The van der Waals surface area contributed by atoms with E-state index in [0.717, 1.165) is 56.3 Å². The summed E-state index contributed by atoms with van der Waals surface area (Å²) in [6, 6.07) is 17.2. The zero-order valence-corrected chi connectivity index (χ0v) is 15.5. The number of amides is 2. The number of morpholine rings is 1. The molecule has 0 aromatic heterocycles. The average Bonchev–Trinajstić information content (AvgIpc) is 2.71. The third-order valence-corrected chi connectivity index (χ3v) is 4.37. The standard InChI is InChI=1S/C21H27N3O3/c25-21(22-10-5-11-24-12-14-26-15-13-24)23-17-18-6-4-9-20(16-18)27-19-7-2-1-3-8-19/h1-4,6-9,16H,5,10-15,17H2,(H2,22,23,25). The molecule has 27 heavy (non-hydrogen) atoms. The highest BCUT2D eigenvalue weighted by Gasteiger charge is 2.09. The summed E-state index contributed by atoms with van der Waals surface area (Å²) in [7, 11) is 0. The predicted molar refractivity (Wildman–Crippen MR) is 105 cm³/mol. The quantitative estimate of drug-likeness (QED) is 0.702. The zero-order valence-electron chi connectivity index (χ0n) is 15.5. The van der Waals surface area contributed by atoms with Crippen molar-refractivity contribution in [3.8, 4) is 11.5 Å². The Labute approximate surface area is 160 Å². The van der Waals surface area contributed by atoms with Crippen LogP contribution < -0.4 is 15.4 Å². The van der Waals surface area contributed by atoms with Gasteiger partial charge in [0.25, 0.3) is 0 Å². The fraction of sp³-hybridized carbons (Fsp3) is 0.381. The molecule has 0 unspecified atom stereocenters. The van der Waals surface area contributed by atoms with E-state index in [9.17, 15) is 4.79 Å². The fourth-order valence-corrected chi connectivity index (χ4v) is 2.92. The van der Waals surface area contributed by atoms with E-state index in [4.69, 9.17) is 9.47 Å². The summed E-state index contributed by atoms with van der Waals surface area (Å²) in [6.45, 7) is 5.69. The number of para-hydroxylation sites is 1. The maximum Gasteiger partial charge on any atom is 0.315 e. The lowest BCUT2D eigenvalue weighted by molar-refractivity contribution is 0.0375. The number of hydrogen-bond acceptors (Lipinski definition) is 4. The topological polar surface area (TPSA) is 62.8 Å². The molecule has 1 aliphatic rings. The highest BCUT2D eigenvalue weighted by atomic mass is 16.5. The second-order valence-electron chi connectivity index (χ2n) is 6.48. The first kappa shape index (κ1) is 19.2. The summed E-state index contributed by atoms with van der Waals surface area (Å²) in [5.74, 6) is 1.55. The van der Waals surface area contributed by atoms with Gasteiger partial charge >= 0.3 is 6.03 Å². The van der Waals surface area contributed by atoms with Gasteiger partial charge in [-0.3, -0.25) is 4.90 Å². The molecule has 0 radical (unpaired) electrons. The van der Waals surface area contributed by atoms with Gasteiger partial charge in [0.05, 0.1) is 13.2 Å². The Bertz CT molecular complexity index is 703. The second kappa shape index (κ2) is 10.5. The van der Waals surface area contributed by atoms with E-state index >= 15 is 0 Å². The maximum atomic E-state index is 12.0. The van der Waals surface area contributed by atoms with Crippen LogP contribution in [0.4, 0.5) is 4.79 Å². The minimum atomic E-state index is -0.147. The van der Waals surface area contributed by atoms with Gasteiger partial charge in [-0.1, -0.05) is 30.3 Å². The third kappa shape index (κ3) is 6.92. The summed E-state index contributed by atoms with van der Waals surface area (Å²) in [5.41, 5.74) is 0.992. The number of carbonyl (C=O) groups is 1. The van der Waals surface area contributed by atoms with E-state index in [1.807, 2.05) is 54.6 Å². The van der Waals surface area contributed by atoms with Crippen LogP contribution in [-0.4, -0.2) is 50.3 Å². The van der Waals surface area contributed by atoms with Gasteiger partial charge in [-0.25, -0.2) is 4.79 Å². The van der Waals surface area contributed by atoms with Crippen LogP contribution in [0.1, 0.15) is 12.0 Å². The van der Waals surface area contributed by atoms with Crippen LogP contribution in [0.15, 0.2) is 54.6 Å². The first-order valence-corrected chi connectivity index (χ1v) is 9.43. The molecule has 0 bridgehead atoms. The van der Waals surface area contributed by atoms with Crippen molar-refractivity contribution in [2.24, 2.45) is 0 Å². The molecule has 2 N–H and O–H groups in total. The summed E-state index contributed by atoms with van der Waals surface area (Å²) in [5, 5.41) is 5.80. The molecular weight excluding hydrogens is 342 g/mol. The zero-order chi connectivity index (χ0) is 18.7. The van der Waals surface area contributed by atoms with Gasteiger partial charge in [0.15, 0.2) is 0 Å². The number of carbonyl (C=O) groups excluding carboxylic acids is 1. The lowest BCUT2D eigenvalue weighted by Crippen LogP contribution is -2.39. The van der Waals surface area contributed by atoms with Crippen LogP contribution in [0.5, 0.6) is 11.5 Å². The number of rotatable bonds is 8. The van der Waals surface area contributed by atoms with Gasteiger partial charge in [0.2, 0.25) is 0 Å². The first-order valence-electron chi connectivity index (χ1n) is 9.43. The molecule has 1 fully saturated rings. The Morgan fingerprint density at radius 2 is 1.78 bits per heavy atom. The minimum Gasteiger partial charge on any atom is -0.457 e. The van der Waals surface area contributed by atoms with Gasteiger partial charge < -0.3 is 20.1 Å². The Hall–Kier alpha value is -2.57. The highest BCUT2D eigenvalue weighted by Crippen LogP contribution is 2.21. The summed E-state index contributed by atoms with van der Waals surface area (Å²) in [6.07, 6.45) is 0.938. The summed E-state index contributed by atoms with van der Waals surface area (Å²) >= 11 is 0. The molecule has 3 rings (SSSR count). The van der Waals surface area contributed by atoms with Gasteiger partial charge in [0, 0.05) is 26.2 Å². The number of urea groups is 1. The van der Waals surface area contributed by atoms with Crippen LogP contribution in [0.25, 0.3) is 0 Å². The van der Waals surface area contributed by atoms with E-state index in [1.54, 1.807) is 0 Å². The van der Waals surface area contributed by atoms with Crippen LogP contribution >= 0.6 is 0 Å². The largest absolute Gasteiger partial charge is 0.457 e. The van der Waals surface area contributed by atoms with Gasteiger partial charge in [-0.15, -0.1) is 0 Å². The third-order valence-electron chi connectivity index (χ3n) is 4.37. The normalized spacial score (nSPS) is 14.5. The Morgan fingerprint density at radius 1 is 1.00 bits per heavy atom. The molecule has 2 aromatic carbocycles. The molecule has 6 nitrogen and oxygen atoms in total. The Kier molecular flexibility index (Phi) is 7.50. The second-order valence-corrected chi connectivity index (χ2v) is 6.48. The molecule has 0 spiro atoms. The van der Waals surface area contributed by atoms with Crippen molar-refractivity contribution >= 4 is 6.03 Å². The fourth-order valence-electron chi connectivity index (χ4n) is 2.92. The average molecular weight is 369 g/mol. The van der Waals surface area contributed by atoms with Crippen LogP contribution in [0.3, 0.4) is 0 Å². The number of hydrogen-bond donors (Lipinski definition) is 2. The predicted octanol–water partition coefficient (Wildman–Crippen LogP) is 3.00. The molecule has 1 saturated heterocycles. The molecule has 2 aromatic rings.